The van der Waals surface area contributed by atoms with E-state index in [9.17, 15) is 4.79 Å². The Morgan fingerprint density at radius 2 is 1.90 bits per heavy atom. The largest absolute Gasteiger partial charge is 0.493 e. The minimum absolute atomic E-state index is 0.127. The van der Waals surface area contributed by atoms with E-state index in [-0.39, 0.29) is 12.5 Å². The predicted molar refractivity (Wildman–Crippen MR) is 121 cm³/mol. The Bertz CT molecular complexity index is 1010. The molecule has 2 aromatic carbocycles. The van der Waals surface area contributed by atoms with Gasteiger partial charge in [-0.2, -0.15) is 0 Å². The van der Waals surface area contributed by atoms with E-state index in [0.29, 0.717) is 29.6 Å². The minimum atomic E-state index is -0.127. The number of amides is 1. The second kappa shape index (κ2) is 10.4. The summed E-state index contributed by atoms with van der Waals surface area (Å²) in [5, 5.41) is 4.17. The fourth-order valence-corrected chi connectivity index (χ4v) is 4.16. The van der Waals surface area contributed by atoms with Gasteiger partial charge in [-0.3, -0.25) is 9.69 Å². The molecule has 3 aromatic rings. The van der Waals surface area contributed by atoms with Crippen molar-refractivity contribution in [3.8, 4) is 11.5 Å². The van der Waals surface area contributed by atoms with Gasteiger partial charge < -0.3 is 14.8 Å². The molecule has 158 valence electrons. The molecular formula is C22H24ClN3O3S. The molecule has 3 rings (SSSR count). The zero-order valence-electron chi connectivity index (χ0n) is 17.1. The number of rotatable bonds is 9. The molecule has 1 N–H and O–H groups in total. The summed E-state index contributed by atoms with van der Waals surface area (Å²) in [4.78, 5) is 19.7. The number of ether oxygens (including phenoxy) is 2. The monoisotopic (exact) mass is 445 g/mol. The van der Waals surface area contributed by atoms with E-state index in [0.717, 1.165) is 21.0 Å². The average Bonchev–Trinajstić information content (AvgIpc) is 3.15. The maximum Gasteiger partial charge on any atom is 0.240 e. The zero-order valence-corrected chi connectivity index (χ0v) is 18.7. The number of para-hydroxylation sites is 1. The van der Waals surface area contributed by atoms with Crippen LogP contribution in [0.3, 0.4) is 0 Å². The van der Waals surface area contributed by atoms with Crippen LogP contribution >= 0.6 is 22.9 Å². The number of hydrogen-bond donors (Lipinski definition) is 1. The van der Waals surface area contributed by atoms with E-state index in [4.69, 9.17) is 21.1 Å². The van der Waals surface area contributed by atoms with Crippen molar-refractivity contribution in [2.75, 3.05) is 33.1 Å². The van der Waals surface area contributed by atoms with Crippen LogP contribution in [0, 0.1) is 0 Å². The molecule has 0 unspecified atom stereocenters. The molecule has 6 nitrogen and oxygen atoms in total. The van der Waals surface area contributed by atoms with Crippen LogP contribution in [0.15, 0.2) is 48.7 Å². The van der Waals surface area contributed by atoms with Crippen molar-refractivity contribution in [3.63, 3.8) is 0 Å². The zero-order chi connectivity index (χ0) is 21.5. The Hall–Kier alpha value is -2.61. The van der Waals surface area contributed by atoms with Gasteiger partial charge in [0.05, 0.1) is 20.8 Å². The Labute approximate surface area is 185 Å². The first kappa shape index (κ1) is 22.1. The lowest BCUT2D eigenvalue weighted by molar-refractivity contribution is -0.117. The highest BCUT2D eigenvalue weighted by atomic mass is 35.5. The van der Waals surface area contributed by atoms with Gasteiger partial charge in [-0.15, -0.1) is 11.3 Å². The minimum Gasteiger partial charge on any atom is -0.493 e. The number of halogens is 1. The van der Waals surface area contributed by atoms with Gasteiger partial charge >= 0.3 is 0 Å². The summed E-state index contributed by atoms with van der Waals surface area (Å²) in [7, 11) is 5.09. The molecule has 0 spiro atoms. The lowest BCUT2D eigenvalue weighted by Gasteiger charge is -2.19. The Kier molecular flexibility index (Phi) is 7.68. The van der Waals surface area contributed by atoms with Gasteiger partial charge in [-0.05, 0) is 24.7 Å². The molecule has 1 aromatic heterocycles. The fourth-order valence-electron chi connectivity index (χ4n) is 3.11. The van der Waals surface area contributed by atoms with Crippen LogP contribution in [0.1, 0.15) is 16.0 Å². The van der Waals surface area contributed by atoms with Crippen molar-refractivity contribution < 1.29 is 14.3 Å². The summed E-state index contributed by atoms with van der Waals surface area (Å²) >= 11 is 7.67. The van der Waals surface area contributed by atoms with E-state index in [2.05, 4.69) is 10.3 Å². The molecule has 8 heteroatoms. The van der Waals surface area contributed by atoms with Gasteiger partial charge in [0.2, 0.25) is 5.91 Å². The van der Waals surface area contributed by atoms with Crippen molar-refractivity contribution >= 4 is 34.0 Å². The molecule has 0 aliphatic carbocycles. The first-order chi connectivity index (χ1) is 14.5. The topological polar surface area (TPSA) is 63.7 Å². The lowest BCUT2D eigenvalue weighted by Crippen LogP contribution is -2.29. The fraction of sp³-hybridized carbons (Fsp3) is 0.273. The quantitative estimate of drug-likeness (QED) is 0.526. The van der Waals surface area contributed by atoms with Crippen LogP contribution in [0.4, 0.5) is 5.13 Å². The highest BCUT2D eigenvalue weighted by Crippen LogP contribution is 2.31. The van der Waals surface area contributed by atoms with Crippen LogP contribution in [-0.4, -0.2) is 43.6 Å². The number of likely N-dealkylation sites (N-methyl/N-ethyl adjacent to an activating group) is 1. The van der Waals surface area contributed by atoms with Crippen LogP contribution in [0.2, 0.25) is 5.02 Å². The molecule has 0 aliphatic rings. The van der Waals surface area contributed by atoms with E-state index < -0.39 is 0 Å². The van der Waals surface area contributed by atoms with Crippen LogP contribution in [0.25, 0.3) is 0 Å². The number of carbonyl (C=O) groups excluding carboxylic acids is 1. The molecule has 0 saturated heterocycles. The summed E-state index contributed by atoms with van der Waals surface area (Å²) < 4.78 is 10.8. The van der Waals surface area contributed by atoms with Gasteiger partial charge in [-0.25, -0.2) is 4.98 Å². The first-order valence-electron chi connectivity index (χ1n) is 9.36. The van der Waals surface area contributed by atoms with Crippen molar-refractivity contribution in [1.29, 1.82) is 0 Å². The SMILES string of the molecule is COc1cccc(CN(C)CC(=O)Nc2ncc(Cc3ccccc3Cl)s2)c1OC. The summed E-state index contributed by atoms with van der Waals surface area (Å²) in [6.07, 6.45) is 2.46. The number of benzene rings is 2. The van der Waals surface area contributed by atoms with E-state index >= 15 is 0 Å². The molecule has 30 heavy (non-hydrogen) atoms. The maximum absolute atomic E-state index is 12.4. The number of thiazole rings is 1. The van der Waals surface area contributed by atoms with Gasteiger partial charge in [0, 0.05) is 34.6 Å². The third-order valence-electron chi connectivity index (χ3n) is 4.46. The van der Waals surface area contributed by atoms with Gasteiger partial charge in [-0.1, -0.05) is 41.9 Å². The lowest BCUT2D eigenvalue weighted by atomic mass is 10.1. The second-order valence-electron chi connectivity index (χ2n) is 6.77. The van der Waals surface area contributed by atoms with Crippen LogP contribution < -0.4 is 14.8 Å². The Morgan fingerprint density at radius 3 is 2.63 bits per heavy atom. The summed E-state index contributed by atoms with van der Waals surface area (Å²) in [5.74, 6) is 1.22. The van der Waals surface area contributed by atoms with Crippen molar-refractivity contribution in [2.24, 2.45) is 0 Å². The molecule has 0 aliphatic heterocycles. The standard InChI is InChI=1S/C22H24ClN3O3S/c1-26(13-16-8-6-10-19(28-2)21(16)29-3)14-20(27)25-22-24-12-17(30-22)11-15-7-4-5-9-18(15)23/h4-10,12H,11,13-14H2,1-3H3,(H,24,25,27). The molecule has 1 amide bonds. The number of methoxy groups -OCH3 is 2. The normalized spacial score (nSPS) is 10.8. The van der Waals surface area contributed by atoms with Crippen molar-refractivity contribution in [1.82, 2.24) is 9.88 Å². The second-order valence-corrected chi connectivity index (χ2v) is 8.30. The average molecular weight is 446 g/mol. The van der Waals surface area contributed by atoms with Crippen LogP contribution in [0.5, 0.6) is 11.5 Å². The molecule has 0 atom stereocenters. The molecule has 0 saturated carbocycles. The Balaban J connectivity index is 1.56. The number of aromatic nitrogens is 1. The first-order valence-corrected chi connectivity index (χ1v) is 10.6. The highest BCUT2D eigenvalue weighted by molar-refractivity contribution is 7.15. The third kappa shape index (κ3) is 5.72. The number of nitrogens with zero attached hydrogens (tertiary/aromatic N) is 2. The highest BCUT2D eigenvalue weighted by Gasteiger charge is 2.14. The molecule has 0 fully saturated rings. The van der Waals surface area contributed by atoms with E-state index in [1.165, 1.54) is 11.3 Å². The predicted octanol–water partition coefficient (Wildman–Crippen LogP) is 4.48. The van der Waals surface area contributed by atoms with Gasteiger partial charge in [0.1, 0.15) is 0 Å². The number of hydrogen-bond acceptors (Lipinski definition) is 6. The molecule has 0 bridgehead atoms. The summed E-state index contributed by atoms with van der Waals surface area (Å²) in [6, 6.07) is 13.4. The van der Waals surface area contributed by atoms with Crippen molar-refractivity contribution in [3.05, 3.63) is 69.7 Å². The number of anilines is 1. The van der Waals surface area contributed by atoms with Gasteiger partial charge in [0.15, 0.2) is 16.6 Å². The number of carbonyl (C=O) groups is 1. The maximum atomic E-state index is 12.4. The van der Waals surface area contributed by atoms with E-state index in [1.54, 1.807) is 20.4 Å². The molecule has 0 radical (unpaired) electrons. The smallest absolute Gasteiger partial charge is 0.240 e. The molecule has 1 heterocycles. The Morgan fingerprint density at radius 1 is 1.13 bits per heavy atom. The summed E-state index contributed by atoms with van der Waals surface area (Å²) in [6.45, 7) is 0.767. The van der Waals surface area contributed by atoms with Crippen LogP contribution in [-0.2, 0) is 17.8 Å². The number of nitrogens with one attached hydrogen (secondary N) is 1. The van der Waals surface area contributed by atoms with Gasteiger partial charge in [0.25, 0.3) is 0 Å². The molecular weight excluding hydrogens is 422 g/mol. The third-order valence-corrected chi connectivity index (χ3v) is 5.74. The summed E-state index contributed by atoms with van der Waals surface area (Å²) in [5.41, 5.74) is 1.98. The van der Waals surface area contributed by atoms with Crippen molar-refractivity contribution in [2.45, 2.75) is 13.0 Å². The van der Waals surface area contributed by atoms with E-state index in [1.807, 2.05) is 54.4 Å².